The molecule has 1 aromatic carbocycles. The van der Waals surface area contributed by atoms with Gasteiger partial charge in [0, 0.05) is 6.42 Å². The molecule has 0 aliphatic carbocycles. The minimum absolute atomic E-state index is 0.445. The first-order chi connectivity index (χ1) is 11.1. The number of aromatic nitrogens is 3. The van der Waals surface area contributed by atoms with Crippen LogP contribution in [0.2, 0.25) is 5.02 Å². The Bertz CT molecular complexity index is 754. The Labute approximate surface area is 145 Å². The van der Waals surface area contributed by atoms with Gasteiger partial charge in [-0.3, -0.25) is 5.10 Å². The molecule has 124 valence electrons. The predicted octanol–water partition coefficient (Wildman–Crippen LogP) is 3.84. The maximum atomic E-state index is 6.29. The van der Waals surface area contributed by atoms with E-state index in [1.54, 1.807) is 17.0 Å². The van der Waals surface area contributed by atoms with Crippen molar-refractivity contribution in [3.63, 3.8) is 0 Å². The summed E-state index contributed by atoms with van der Waals surface area (Å²) in [4.78, 5) is 0. The Balaban J connectivity index is 2.38. The molecule has 0 unspecified atom stereocenters. The van der Waals surface area contributed by atoms with Crippen molar-refractivity contribution in [1.82, 2.24) is 14.9 Å². The molecule has 0 aliphatic heterocycles. The Morgan fingerprint density at radius 3 is 2.70 bits per heavy atom. The second kappa shape index (κ2) is 8.12. The van der Waals surface area contributed by atoms with E-state index in [4.69, 9.17) is 33.3 Å². The van der Waals surface area contributed by atoms with Crippen LogP contribution in [0.1, 0.15) is 32.2 Å². The SMILES string of the molecule is CCOc1cc(/C=N\n2c(CC)n[nH]c2=S)cc(Cl)c1OCC. The van der Waals surface area contributed by atoms with E-state index in [-0.39, 0.29) is 0 Å². The Kier molecular flexibility index (Phi) is 6.18. The normalized spacial score (nSPS) is 11.1. The first kappa shape index (κ1) is 17.5. The second-order valence-electron chi connectivity index (χ2n) is 4.55. The van der Waals surface area contributed by atoms with Gasteiger partial charge < -0.3 is 9.47 Å². The van der Waals surface area contributed by atoms with Gasteiger partial charge in [-0.05, 0) is 43.8 Å². The van der Waals surface area contributed by atoms with E-state index in [1.807, 2.05) is 26.8 Å². The van der Waals surface area contributed by atoms with Crippen LogP contribution < -0.4 is 9.47 Å². The molecule has 0 fully saturated rings. The van der Waals surface area contributed by atoms with Crippen LogP contribution in [0.3, 0.4) is 0 Å². The van der Waals surface area contributed by atoms with Crippen molar-refractivity contribution in [2.24, 2.45) is 5.10 Å². The van der Waals surface area contributed by atoms with Crippen molar-refractivity contribution in [3.8, 4) is 11.5 Å². The van der Waals surface area contributed by atoms with Crippen molar-refractivity contribution in [2.45, 2.75) is 27.2 Å². The zero-order chi connectivity index (χ0) is 16.8. The van der Waals surface area contributed by atoms with Gasteiger partial charge in [-0.25, -0.2) is 0 Å². The summed E-state index contributed by atoms with van der Waals surface area (Å²) in [6.45, 7) is 6.82. The molecule has 6 nitrogen and oxygen atoms in total. The summed E-state index contributed by atoms with van der Waals surface area (Å²) >= 11 is 11.5. The lowest BCUT2D eigenvalue weighted by atomic mass is 10.2. The molecule has 0 saturated carbocycles. The number of H-pyrrole nitrogens is 1. The lowest BCUT2D eigenvalue weighted by Crippen LogP contribution is -2.01. The number of nitrogens with zero attached hydrogens (tertiary/aromatic N) is 3. The summed E-state index contributed by atoms with van der Waals surface area (Å²) in [6.07, 6.45) is 2.38. The van der Waals surface area contributed by atoms with Crippen molar-refractivity contribution in [2.75, 3.05) is 13.2 Å². The van der Waals surface area contributed by atoms with Gasteiger partial charge in [-0.15, -0.1) is 0 Å². The molecule has 0 atom stereocenters. The highest BCUT2D eigenvalue weighted by Gasteiger charge is 2.11. The summed E-state index contributed by atoms with van der Waals surface area (Å²) in [7, 11) is 0. The summed E-state index contributed by atoms with van der Waals surface area (Å²) in [5.74, 6) is 1.89. The summed E-state index contributed by atoms with van der Waals surface area (Å²) in [6, 6.07) is 3.60. The molecule has 0 radical (unpaired) electrons. The topological polar surface area (TPSA) is 64.4 Å². The molecule has 0 amide bonds. The molecule has 1 N–H and O–H groups in total. The average Bonchev–Trinajstić information content (AvgIpc) is 2.89. The molecule has 23 heavy (non-hydrogen) atoms. The van der Waals surface area contributed by atoms with Crippen LogP contribution in [0.4, 0.5) is 0 Å². The Hall–Kier alpha value is -1.86. The molecule has 1 aromatic heterocycles. The predicted molar refractivity (Wildman–Crippen MR) is 93.6 cm³/mol. The number of nitrogens with one attached hydrogen (secondary N) is 1. The van der Waals surface area contributed by atoms with Gasteiger partial charge in [0.1, 0.15) is 0 Å². The zero-order valence-electron chi connectivity index (χ0n) is 13.3. The van der Waals surface area contributed by atoms with Crippen LogP contribution in [0, 0.1) is 4.77 Å². The molecule has 0 spiro atoms. The minimum Gasteiger partial charge on any atom is -0.490 e. The summed E-state index contributed by atoms with van der Waals surface area (Å²) in [5.41, 5.74) is 0.784. The molecule has 2 aromatic rings. The number of hydrogen-bond acceptors (Lipinski definition) is 5. The van der Waals surface area contributed by atoms with Gasteiger partial charge in [0.25, 0.3) is 0 Å². The third-order valence-corrected chi connectivity index (χ3v) is 3.52. The number of benzene rings is 1. The Morgan fingerprint density at radius 1 is 1.30 bits per heavy atom. The van der Waals surface area contributed by atoms with Gasteiger partial charge in [0.2, 0.25) is 4.77 Å². The lowest BCUT2D eigenvalue weighted by Gasteiger charge is -2.13. The first-order valence-electron chi connectivity index (χ1n) is 7.40. The lowest BCUT2D eigenvalue weighted by molar-refractivity contribution is 0.288. The number of aryl methyl sites for hydroxylation is 1. The van der Waals surface area contributed by atoms with Gasteiger partial charge in [0.15, 0.2) is 17.3 Å². The maximum Gasteiger partial charge on any atom is 0.216 e. The fourth-order valence-electron chi connectivity index (χ4n) is 2.01. The van der Waals surface area contributed by atoms with Crippen LogP contribution >= 0.6 is 23.8 Å². The molecule has 0 aliphatic rings. The molecule has 0 bridgehead atoms. The van der Waals surface area contributed by atoms with Gasteiger partial charge in [0.05, 0.1) is 24.5 Å². The average molecular weight is 355 g/mol. The molecular weight excluding hydrogens is 336 g/mol. The van der Waals surface area contributed by atoms with Crippen molar-refractivity contribution >= 4 is 30.0 Å². The third-order valence-electron chi connectivity index (χ3n) is 2.98. The van der Waals surface area contributed by atoms with E-state index in [0.29, 0.717) is 34.5 Å². The molecular formula is C15H19ClN4O2S. The van der Waals surface area contributed by atoms with Crippen LogP contribution in [0.15, 0.2) is 17.2 Å². The highest BCUT2D eigenvalue weighted by atomic mass is 35.5. The van der Waals surface area contributed by atoms with E-state index in [9.17, 15) is 0 Å². The van der Waals surface area contributed by atoms with Crippen LogP contribution in [-0.4, -0.2) is 34.3 Å². The van der Waals surface area contributed by atoms with Crippen LogP contribution in [0.25, 0.3) is 0 Å². The molecule has 2 rings (SSSR count). The number of hydrogen-bond donors (Lipinski definition) is 1. The first-order valence-corrected chi connectivity index (χ1v) is 8.19. The maximum absolute atomic E-state index is 6.29. The summed E-state index contributed by atoms with van der Waals surface area (Å²) < 4.78 is 13.2. The largest absolute Gasteiger partial charge is 0.490 e. The molecule has 8 heteroatoms. The second-order valence-corrected chi connectivity index (χ2v) is 5.34. The van der Waals surface area contributed by atoms with E-state index in [1.165, 1.54) is 0 Å². The minimum atomic E-state index is 0.445. The molecule has 1 heterocycles. The monoisotopic (exact) mass is 354 g/mol. The number of rotatable bonds is 7. The van der Waals surface area contributed by atoms with Crippen molar-refractivity contribution < 1.29 is 9.47 Å². The fraction of sp³-hybridized carbons (Fsp3) is 0.400. The van der Waals surface area contributed by atoms with E-state index < -0.39 is 0 Å². The van der Waals surface area contributed by atoms with Gasteiger partial charge in [-0.1, -0.05) is 18.5 Å². The Morgan fingerprint density at radius 2 is 2.04 bits per heavy atom. The number of aromatic amines is 1. The van der Waals surface area contributed by atoms with E-state index >= 15 is 0 Å². The van der Waals surface area contributed by atoms with Gasteiger partial charge in [-0.2, -0.15) is 14.9 Å². The highest BCUT2D eigenvalue weighted by Crippen LogP contribution is 2.36. The smallest absolute Gasteiger partial charge is 0.216 e. The summed E-state index contributed by atoms with van der Waals surface area (Å²) in [5, 5.41) is 11.7. The zero-order valence-corrected chi connectivity index (χ0v) is 14.9. The van der Waals surface area contributed by atoms with Crippen LogP contribution in [-0.2, 0) is 6.42 Å². The van der Waals surface area contributed by atoms with Gasteiger partial charge >= 0.3 is 0 Å². The van der Waals surface area contributed by atoms with E-state index in [2.05, 4.69) is 15.3 Å². The number of halogens is 1. The standard InChI is InChI=1S/C15H19ClN4O2S/c1-4-13-18-19-15(23)20(13)17-9-10-7-11(16)14(22-6-3)12(8-10)21-5-2/h7-9H,4-6H2,1-3H3,(H,19,23)/b17-9-. The van der Waals surface area contributed by atoms with Crippen molar-refractivity contribution in [3.05, 3.63) is 33.3 Å². The van der Waals surface area contributed by atoms with E-state index in [0.717, 1.165) is 17.8 Å². The number of ether oxygens (including phenoxy) is 2. The molecule has 0 saturated heterocycles. The third kappa shape index (κ3) is 4.11. The quantitative estimate of drug-likeness (QED) is 0.606. The highest BCUT2D eigenvalue weighted by molar-refractivity contribution is 7.71. The van der Waals surface area contributed by atoms with Crippen molar-refractivity contribution in [1.29, 1.82) is 0 Å². The fourth-order valence-corrected chi connectivity index (χ4v) is 2.48. The van der Waals surface area contributed by atoms with Crippen LogP contribution in [0.5, 0.6) is 11.5 Å².